The molecule has 1 amide bonds. The number of primary amides is 1. The summed E-state index contributed by atoms with van der Waals surface area (Å²) >= 11 is 0. The van der Waals surface area contributed by atoms with E-state index in [1.165, 1.54) is 0 Å². The van der Waals surface area contributed by atoms with Gasteiger partial charge in [0.25, 0.3) is 0 Å². The van der Waals surface area contributed by atoms with Gasteiger partial charge in [0.2, 0.25) is 5.91 Å². The Bertz CT molecular complexity index is 399. The number of anilines is 2. The average molecular weight is 205 g/mol. The highest BCUT2D eigenvalue weighted by Gasteiger charge is 2.03. The predicted molar refractivity (Wildman–Crippen MR) is 62.7 cm³/mol. The molecule has 0 saturated heterocycles. The van der Waals surface area contributed by atoms with Crippen molar-refractivity contribution in [3.05, 3.63) is 35.9 Å². The fraction of sp³-hybridized carbons (Fsp3) is 0.182. The summed E-state index contributed by atoms with van der Waals surface area (Å²) in [7, 11) is 0. The molecular weight excluding hydrogens is 190 g/mol. The van der Waals surface area contributed by atoms with E-state index in [9.17, 15) is 4.79 Å². The molecule has 0 bridgehead atoms. The van der Waals surface area contributed by atoms with Gasteiger partial charge in [0.15, 0.2) is 0 Å². The molecule has 0 heterocycles. The van der Waals surface area contributed by atoms with Crippen LogP contribution in [0.3, 0.4) is 0 Å². The number of carbonyl (C=O) groups excluding carboxylic acids is 1. The Balaban J connectivity index is 2.83. The second-order valence-electron chi connectivity index (χ2n) is 3.48. The van der Waals surface area contributed by atoms with Crippen LogP contribution in [0.15, 0.2) is 30.4 Å². The van der Waals surface area contributed by atoms with Crippen molar-refractivity contribution in [2.45, 2.75) is 6.92 Å². The molecule has 0 aliphatic carbocycles. The van der Waals surface area contributed by atoms with E-state index in [-0.39, 0.29) is 0 Å². The smallest absolute Gasteiger partial charge is 0.248 e. The predicted octanol–water partition coefficient (Wildman–Crippen LogP) is 1.36. The third-order valence-corrected chi connectivity index (χ3v) is 1.92. The van der Waals surface area contributed by atoms with Gasteiger partial charge in [-0.25, -0.2) is 0 Å². The molecule has 1 rings (SSSR count). The van der Waals surface area contributed by atoms with E-state index >= 15 is 0 Å². The van der Waals surface area contributed by atoms with Crippen LogP contribution in [0.25, 0.3) is 0 Å². The lowest BCUT2D eigenvalue weighted by Gasteiger charge is -2.09. The van der Waals surface area contributed by atoms with Gasteiger partial charge in [-0.1, -0.05) is 12.2 Å². The number of carbonyl (C=O) groups is 1. The average Bonchev–Trinajstić information content (AvgIpc) is 2.15. The Kier molecular flexibility index (Phi) is 3.33. The molecule has 0 spiro atoms. The van der Waals surface area contributed by atoms with Crippen molar-refractivity contribution in [1.29, 1.82) is 0 Å². The highest BCUT2D eigenvalue weighted by atomic mass is 16.1. The van der Waals surface area contributed by atoms with Gasteiger partial charge in [0, 0.05) is 12.1 Å². The number of hydrogen-bond acceptors (Lipinski definition) is 3. The summed E-state index contributed by atoms with van der Waals surface area (Å²) in [5, 5.41) is 3.10. The topological polar surface area (TPSA) is 81.1 Å². The summed E-state index contributed by atoms with van der Waals surface area (Å²) in [5.41, 5.74) is 13.6. The van der Waals surface area contributed by atoms with Crippen molar-refractivity contribution in [3.63, 3.8) is 0 Å². The molecule has 0 aliphatic heterocycles. The molecule has 4 heteroatoms. The van der Waals surface area contributed by atoms with Gasteiger partial charge in [-0.2, -0.15) is 0 Å². The summed E-state index contributed by atoms with van der Waals surface area (Å²) in [6.07, 6.45) is 0. The molecule has 1 aromatic rings. The van der Waals surface area contributed by atoms with Crippen LogP contribution in [0.5, 0.6) is 0 Å². The molecule has 1 aromatic carbocycles. The van der Waals surface area contributed by atoms with Crippen molar-refractivity contribution in [2.75, 3.05) is 17.6 Å². The Hall–Kier alpha value is -1.97. The lowest BCUT2D eigenvalue weighted by Crippen LogP contribution is -2.12. The zero-order valence-corrected chi connectivity index (χ0v) is 8.71. The van der Waals surface area contributed by atoms with Crippen LogP contribution in [0, 0.1) is 0 Å². The minimum Gasteiger partial charge on any atom is -0.397 e. The Morgan fingerprint density at radius 2 is 2.20 bits per heavy atom. The molecule has 0 aromatic heterocycles. The molecule has 0 unspecified atom stereocenters. The number of nitrogens with one attached hydrogen (secondary N) is 1. The van der Waals surface area contributed by atoms with Gasteiger partial charge in [-0.3, -0.25) is 4.79 Å². The molecule has 0 fully saturated rings. The van der Waals surface area contributed by atoms with Gasteiger partial charge >= 0.3 is 0 Å². The lowest BCUT2D eigenvalue weighted by molar-refractivity contribution is 0.100. The summed E-state index contributed by atoms with van der Waals surface area (Å²) < 4.78 is 0. The van der Waals surface area contributed by atoms with Gasteiger partial charge in [0.05, 0.1) is 11.4 Å². The van der Waals surface area contributed by atoms with Gasteiger partial charge < -0.3 is 16.8 Å². The molecule has 0 atom stereocenters. The van der Waals surface area contributed by atoms with Crippen LogP contribution in [0.1, 0.15) is 17.3 Å². The molecule has 4 nitrogen and oxygen atoms in total. The van der Waals surface area contributed by atoms with Crippen LogP contribution in [0.4, 0.5) is 11.4 Å². The number of hydrogen-bond donors (Lipinski definition) is 3. The zero-order chi connectivity index (χ0) is 11.4. The van der Waals surface area contributed by atoms with Crippen molar-refractivity contribution in [3.8, 4) is 0 Å². The Morgan fingerprint density at radius 1 is 1.53 bits per heavy atom. The monoisotopic (exact) mass is 205 g/mol. The maximum atomic E-state index is 10.9. The van der Waals surface area contributed by atoms with Crippen LogP contribution in [-0.2, 0) is 0 Å². The molecule has 0 saturated carbocycles. The summed E-state index contributed by atoms with van der Waals surface area (Å²) in [5.74, 6) is -0.479. The summed E-state index contributed by atoms with van der Waals surface area (Å²) in [6.45, 7) is 6.34. The van der Waals surface area contributed by atoms with Gasteiger partial charge in [-0.05, 0) is 25.1 Å². The van der Waals surface area contributed by atoms with Crippen molar-refractivity contribution < 1.29 is 4.79 Å². The largest absolute Gasteiger partial charge is 0.397 e. The standard InChI is InChI=1S/C11H15N3O/c1-7(2)6-14-10-4-3-8(11(13)15)5-9(10)12/h3-5,14H,1,6,12H2,2H3,(H2,13,15). The molecule has 0 aliphatic rings. The van der Waals surface area contributed by atoms with E-state index in [0.717, 1.165) is 11.3 Å². The van der Waals surface area contributed by atoms with Crippen molar-refractivity contribution in [2.24, 2.45) is 5.73 Å². The molecule has 80 valence electrons. The number of rotatable bonds is 4. The second-order valence-corrected chi connectivity index (χ2v) is 3.48. The first kappa shape index (κ1) is 11.1. The SMILES string of the molecule is C=C(C)CNc1ccc(C(N)=O)cc1N. The van der Waals surface area contributed by atoms with Crippen LogP contribution in [0.2, 0.25) is 0 Å². The van der Waals surface area contributed by atoms with E-state index in [1.807, 2.05) is 6.92 Å². The van der Waals surface area contributed by atoms with E-state index in [1.54, 1.807) is 18.2 Å². The van der Waals surface area contributed by atoms with Crippen LogP contribution in [-0.4, -0.2) is 12.5 Å². The number of amides is 1. The number of nitrogens with two attached hydrogens (primary N) is 2. The van der Waals surface area contributed by atoms with Crippen LogP contribution >= 0.6 is 0 Å². The Labute approximate surface area is 89.0 Å². The van der Waals surface area contributed by atoms with Crippen molar-refractivity contribution >= 4 is 17.3 Å². The first-order valence-corrected chi connectivity index (χ1v) is 4.58. The first-order valence-electron chi connectivity index (χ1n) is 4.58. The minimum absolute atomic E-state index is 0.411. The highest BCUT2D eigenvalue weighted by molar-refractivity contribution is 5.94. The fourth-order valence-corrected chi connectivity index (χ4v) is 1.12. The fourth-order valence-electron chi connectivity index (χ4n) is 1.12. The minimum atomic E-state index is -0.479. The molecular formula is C11H15N3O. The molecule has 15 heavy (non-hydrogen) atoms. The third kappa shape index (κ3) is 3.02. The summed E-state index contributed by atoms with van der Waals surface area (Å²) in [6, 6.07) is 4.93. The highest BCUT2D eigenvalue weighted by Crippen LogP contribution is 2.19. The summed E-state index contributed by atoms with van der Waals surface area (Å²) in [4.78, 5) is 10.9. The maximum absolute atomic E-state index is 10.9. The quantitative estimate of drug-likeness (QED) is 0.512. The zero-order valence-electron chi connectivity index (χ0n) is 8.71. The van der Waals surface area contributed by atoms with Gasteiger partial charge in [-0.15, -0.1) is 0 Å². The van der Waals surface area contributed by atoms with E-state index in [2.05, 4.69) is 11.9 Å². The molecule has 0 radical (unpaired) electrons. The Morgan fingerprint density at radius 3 is 2.67 bits per heavy atom. The van der Waals surface area contributed by atoms with Gasteiger partial charge in [0.1, 0.15) is 0 Å². The van der Waals surface area contributed by atoms with E-state index in [4.69, 9.17) is 11.5 Å². The maximum Gasteiger partial charge on any atom is 0.248 e. The third-order valence-electron chi connectivity index (χ3n) is 1.92. The first-order chi connectivity index (χ1) is 7.00. The molecule has 5 N–H and O–H groups in total. The van der Waals surface area contributed by atoms with E-state index in [0.29, 0.717) is 17.8 Å². The second kappa shape index (κ2) is 4.50. The number of nitrogen functional groups attached to an aromatic ring is 1. The van der Waals surface area contributed by atoms with Crippen LogP contribution < -0.4 is 16.8 Å². The lowest BCUT2D eigenvalue weighted by atomic mass is 10.1. The van der Waals surface area contributed by atoms with E-state index < -0.39 is 5.91 Å². The van der Waals surface area contributed by atoms with Crippen molar-refractivity contribution in [1.82, 2.24) is 0 Å². The number of benzene rings is 1. The normalized spacial score (nSPS) is 9.67.